The molecule has 1 rings (SSSR count). The summed E-state index contributed by atoms with van der Waals surface area (Å²) < 4.78 is 6.45. The van der Waals surface area contributed by atoms with Crippen molar-refractivity contribution < 1.29 is 34.1 Å². The number of hydrogen-bond acceptors (Lipinski definition) is 6. The number of ether oxygens (including phenoxy) is 1. The van der Waals surface area contributed by atoms with Gasteiger partial charge in [0.15, 0.2) is 0 Å². The molecule has 0 saturated heterocycles. The van der Waals surface area contributed by atoms with E-state index in [2.05, 4.69) is 16.0 Å². The Balaban J connectivity index is 2.59. The van der Waals surface area contributed by atoms with Crippen LogP contribution in [0, 0.1) is 7.14 Å². The van der Waals surface area contributed by atoms with Gasteiger partial charge in [-0.1, -0.05) is 6.42 Å². The van der Waals surface area contributed by atoms with E-state index in [1.165, 1.54) is 0 Å². The molecule has 0 aliphatic heterocycles. The van der Waals surface area contributed by atoms with Gasteiger partial charge in [0.05, 0.1) is 7.14 Å². The van der Waals surface area contributed by atoms with Crippen molar-refractivity contribution in [1.82, 2.24) is 16.0 Å². The number of benzene rings is 1. The molecule has 202 valence electrons. The molecule has 0 aromatic heterocycles. The maximum absolute atomic E-state index is 12.8. The van der Waals surface area contributed by atoms with E-state index >= 15 is 0 Å². The van der Waals surface area contributed by atoms with Crippen molar-refractivity contribution in [3.05, 3.63) is 24.8 Å². The van der Waals surface area contributed by atoms with E-state index < -0.39 is 29.6 Å². The van der Waals surface area contributed by atoms with E-state index in [1.54, 1.807) is 32.9 Å². The number of amides is 3. The van der Waals surface area contributed by atoms with Gasteiger partial charge >= 0.3 is 12.1 Å². The van der Waals surface area contributed by atoms with Crippen molar-refractivity contribution in [2.45, 2.75) is 77.4 Å². The average Bonchev–Trinajstić information content (AvgIpc) is 2.75. The third kappa shape index (κ3) is 14.0. The highest BCUT2D eigenvalue weighted by Crippen LogP contribution is 2.27. The largest absolute Gasteiger partial charge is 0.506 e. The van der Waals surface area contributed by atoms with Gasteiger partial charge in [0.2, 0.25) is 11.8 Å². The Bertz CT molecular complexity index is 896. The fourth-order valence-corrected chi connectivity index (χ4v) is 5.01. The highest BCUT2D eigenvalue weighted by Gasteiger charge is 2.22. The standard InChI is InChI=1S/C24H35I2N3O7/c1-24(2,3)36-23(35)28-10-6-4-5-8-19(30)29-18(22(34)27-11-7-9-20(31)32)14-15-12-16(25)21(33)17(26)13-15/h12-13,18,33H,4-11,14H2,1-3H3,(H,27,34)(H,28,35)(H,29,30)(H,31,32). The molecule has 10 nitrogen and oxygen atoms in total. The number of unbranched alkanes of at least 4 members (excludes halogenated alkanes) is 2. The summed E-state index contributed by atoms with van der Waals surface area (Å²) in [5.41, 5.74) is 0.221. The zero-order chi connectivity index (χ0) is 27.3. The Morgan fingerprint density at radius 2 is 1.56 bits per heavy atom. The second kappa shape index (κ2) is 16.1. The molecule has 0 bridgehead atoms. The Hall–Kier alpha value is -1.84. The van der Waals surface area contributed by atoms with Crippen LogP contribution in [0.15, 0.2) is 12.1 Å². The number of alkyl carbamates (subject to hydrolysis) is 1. The first-order valence-electron chi connectivity index (χ1n) is 11.7. The quantitative estimate of drug-likeness (QED) is 0.145. The lowest BCUT2D eigenvalue weighted by atomic mass is 10.0. The number of halogens is 2. The zero-order valence-corrected chi connectivity index (χ0v) is 25.1. The van der Waals surface area contributed by atoms with E-state index in [9.17, 15) is 24.3 Å². The summed E-state index contributed by atoms with van der Waals surface area (Å²) in [6, 6.07) is 2.67. The Morgan fingerprint density at radius 3 is 2.14 bits per heavy atom. The molecule has 12 heteroatoms. The van der Waals surface area contributed by atoms with Crippen molar-refractivity contribution in [3.63, 3.8) is 0 Å². The van der Waals surface area contributed by atoms with Gasteiger partial charge in [-0.2, -0.15) is 0 Å². The minimum atomic E-state index is -0.941. The van der Waals surface area contributed by atoms with E-state index in [-0.39, 0.29) is 43.9 Å². The molecule has 5 N–H and O–H groups in total. The fourth-order valence-electron chi connectivity index (χ4n) is 3.11. The fraction of sp³-hybridized carbons (Fsp3) is 0.583. The van der Waals surface area contributed by atoms with Crippen LogP contribution in [0.1, 0.15) is 64.9 Å². The third-order valence-corrected chi connectivity index (χ3v) is 6.43. The SMILES string of the molecule is CC(C)(C)OC(=O)NCCCCCC(=O)NC(Cc1cc(I)c(O)c(I)c1)C(=O)NCCCC(=O)O. The second-order valence-corrected chi connectivity index (χ2v) is 11.6. The Morgan fingerprint density at radius 1 is 0.944 bits per heavy atom. The van der Waals surface area contributed by atoms with Crippen LogP contribution in [0.25, 0.3) is 0 Å². The number of carboxylic acid groups (broad SMARTS) is 1. The van der Waals surface area contributed by atoms with Crippen molar-refractivity contribution >= 4 is 69.1 Å². The first kappa shape index (κ1) is 32.2. The number of rotatable bonds is 14. The topological polar surface area (TPSA) is 154 Å². The first-order valence-corrected chi connectivity index (χ1v) is 13.9. The first-order chi connectivity index (χ1) is 16.8. The summed E-state index contributed by atoms with van der Waals surface area (Å²) in [5, 5.41) is 26.9. The summed E-state index contributed by atoms with van der Waals surface area (Å²) in [7, 11) is 0. The van der Waals surface area contributed by atoms with Crippen LogP contribution < -0.4 is 16.0 Å². The molecule has 0 saturated carbocycles. The normalized spacial score (nSPS) is 11.9. The highest BCUT2D eigenvalue weighted by atomic mass is 127. The van der Waals surface area contributed by atoms with Crippen LogP contribution in [0.4, 0.5) is 4.79 Å². The molecule has 0 aliphatic carbocycles. The average molecular weight is 731 g/mol. The molecule has 1 atom stereocenters. The number of nitrogens with one attached hydrogen (secondary N) is 3. The number of phenols is 1. The molecule has 0 fully saturated rings. The molecule has 0 spiro atoms. The molecule has 0 heterocycles. The predicted molar refractivity (Wildman–Crippen MR) is 152 cm³/mol. The third-order valence-electron chi connectivity index (χ3n) is 4.78. The summed E-state index contributed by atoms with van der Waals surface area (Å²) in [5.74, 6) is -1.44. The van der Waals surface area contributed by atoms with Crippen LogP contribution in [0.5, 0.6) is 5.75 Å². The van der Waals surface area contributed by atoms with Gasteiger partial charge < -0.3 is 30.9 Å². The maximum Gasteiger partial charge on any atom is 0.407 e. The molecule has 0 aliphatic rings. The smallest absolute Gasteiger partial charge is 0.407 e. The lowest BCUT2D eigenvalue weighted by Crippen LogP contribution is -2.48. The number of carbonyl (C=O) groups is 4. The summed E-state index contributed by atoms with van der Waals surface area (Å²) in [4.78, 5) is 47.7. The molecular formula is C24H35I2N3O7. The van der Waals surface area contributed by atoms with Crippen LogP contribution in [-0.4, -0.2) is 58.8 Å². The number of phenolic OH excluding ortho intramolecular Hbond substituents is 1. The highest BCUT2D eigenvalue weighted by molar-refractivity contribution is 14.1. The zero-order valence-electron chi connectivity index (χ0n) is 20.8. The number of carboxylic acids is 1. The van der Waals surface area contributed by atoms with Gasteiger partial charge in [-0.05, 0) is 103 Å². The Labute approximate surface area is 239 Å². The molecule has 1 unspecified atom stereocenters. The van der Waals surface area contributed by atoms with Crippen LogP contribution >= 0.6 is 45.2 Å². The van der Waals surface area contributed by atoms with E-state index in [0.717, 1.165) is 5.56 Å². The number of aromatic hydroxyl groups is 1. The molecule has 36 heavy (non-hydrogen) atoms. The molecular weight excluding hydrogens is 696 g/mol. The summed E-state index contributed by atoms with van der Waals surface area (Å²) in [6.45, 7) is 6.00. The van der Waals surface area contributed by atoms with Crippen molar-refractivity contribution in [3.8, 4) is 5.75 Å². The minimum Gasteiger partial charge on any atom is -0.506 e. The van der Waals surface area contributed by atoms with Gasteiger partial charge in [0.1, 0.15) is 17.4 Å². The van der Waals surface area contributed by atoms with Crippen molar-refractivity contribution in [2.24, 2.45) is 0 Å². The molecule has 0 radical (unpaired) electrons. The van der Waals surface area contributed by atoms with Gasteiger partial charge in [0.25, 0.3) is 0 Å². The van der Waals surface area contributed by atoms with Gasteiger partial charge in [0, 0.05) is 32.4 Å². The van der Waals surface area contributed by atoms with E-state index in [0.29, 0.717) is 32.9 Å². The summed E-state index contributed by atoms with van der Waals surface area (Å²) >= 11 is 4.01. The number of carbonyl (C=O) groups excluding carboxylic acids is 3. The molecule has 1 aromatic rings. The minimum absolute atomic E-state index is 0.0611. The lowest BCUT2D eigenvalue weighted by molar-refractivity contribution is -0.137. The maximum atomic E-state index is 12.8. The van der Waals surface area contributed by atoms with E-state index in [1.807, 2.05) is 45.2 Å². The number of hydrogen-bond donors (Lipinski definition) is 5. The predicted octanol–water partition coefficient (Wildman–Crippen LogP) is 3.69. The van der Waals surface area contributed by atoms with Gasteiger partial charge in [-0.25, -0.2) is 4.79 Å². The summed E-state index contributed by atoms with van der Waals surface area (Å²) in [6.07, 6.45) is 2.18. The van der Waals surface area contributed by atoms with Crippen LogP contribution in [0.3, 0.4) is 0 Å². The molecule has 1 aromatic carbocycles. The van der Waals surface area contributed by atoms with Crippen LogP contribution in [0.2, 0.25) is 0 Å². The van der Waals surface area contributed by atoms with Crippen LogP contribution in [-0.2, 0) is 25.5 Å². The van der Waals surface area contributed by atoms with Crippen molar-refractivity contribution in [1.29, 1.82) is 0 Å². The molecule has 3 amide bonds. The lowest BCUT2D eigenvalue weighted by Gasteiger charge is -2.20. The second-order valence-electron chi connectivity index (χ2n) is 9.26. The van der Waals surface area contributed by atoms with E-state index in [4.69, 9.17) is 9.84 Å². The van der Waals surface area contributed by atoms with Gasteiger partial charge in [-0.3, -0.25) is 14.4 Å². The number of aliphatic carboxylic acids is 1. The van der Waals surface area contributed by atoms with Gasteiger partial charge in [-0.15, -0.1) is 0 Å². The van der Waals surface area contributed by atoms with Crippen molar-refractivity contribution in [2.75, 3.05) is 13.1 Å². The Kier molecular flexibility index (Phi) is 14.4. The monoisotopic (exact) mass is 731 g/mol.